The average Bonchev–Trinajstić information content (AvgIpc) is 2.93. The summed E-state index contributed by atoms with van der Waals surface area (Å²) >= 11 is 3.50. The predicted octanol–water partition coefficient (Wildman–Crippen LogP) is 3.97. The number of hydrogen-bond donors (Lipinski definition) is 0. The lowest BCUT2D eigenvalue weighted by Crippen LogP contribution is -2.44. The van der Waals surface area contributed by atoms with Crippen LogP contribution in [0.3, 0.4) is 0 Å². The van der Waals surface area contributed by atoms with E-state index in [-0.39, 0.29) is 22.9 Å². The molecule has 1 aromatic rings. The molecule has 0 radical (unpaired) electrons. The van der Waals surface area contributed by atoms with Gasteiger partial charge in [0.1, 0.15) is 17.5 Å². The Kier molecular flexibility index (Phi) is 5.99. The van der Waals surface area contributed by atoms with Crippen molar-refractivity contribution in [3.8, 4) is 5.75 Å². The Balaban J connectivity index is 1.49. The molecule has 7 heteroatoms. The Morgan fingerprint density at radius 1 is 1.15 bits per heavy atom. The van der Waals surface area contributed by atoms with Gasteiger partial charge in [-0.25, -0.2) is 4.79 Å². The van der Waals surface area contributed by atoms with Crippen molar-refractivity contribution in [2.24, 2.45) is 0 Å². The number of carbonyl (C=O) groups excluding carboxylic acids is 2. The molecule has 3 rings (SSSR count). The van der Waals surface area contributed by atoms with Crippen LogP contribution in [0.25, 0.3) is 0 Å². The van der Waals surface area contributed by atoms with Crippen LogP contribution in [0.2, 0.25) is 0 Å². The van der Waals surface area contributed by atoms with Gasteiger partial charge in [0.2, 0.25) is 5.91 Å². The Hall–Kier alpha value is -1.76. The highest BCUT2D eigenvalue weighted by Crippen LogP contribution is 2.28. The summed E-state index contributed by atoms with van der Waals surface area (Å²) in [6.45, 7) is 7.58. The van der Waals surface area contributed by atoms with Crippen LogP contribution < -0.4 is 9.64 Å². The van der Waals surface area contributed by atoms with Crippen molar-refractivity contribution in [2.75, 3.05) is 24.5 Å². The number of piperidine rings is 1. The molecule has 2 aliphatic heterocycles. The van der Waals surface area contributed by atoms with Gasteiger partial charge in [-0.3, -0.25) is 4.79 Å². The summed E-state index contributed by atoms with van der Waals surface area (Å²) in [4.78, 5) is 27.9. The maximum Gasteiger partial charge on any atom is 0.410 e. The fourth-order valence-electron chi connectivity index (χ4n) is 3.29. The molecule has 148 valence electrons. The van der Waals surface area contributed by atoms with Gasteiger partial charge in [-0.15, -0.1) is 0 Å². The Bertz CT molecular complexity index is 678. The van der Waals surface area contributed by atoms with Gasteiger partial charge in [-0.05, 0) is 45.0 Å². The Morgan fingerprint density at radius 2 is 1.78 bits per heavy atom. The van der Waals surface area contributed by atoms with E-state index in [9.17, 15) is 9.59 Å². The smallest absolute Gasteiger partial charge is 0.410 e. The highest BCUT2D eigenvalue weighted by molar-refractivity contribution is 9.09. The van der Waals surface area contributed by atoms with E-state index in [2.05, 4.69) is 15.9 Å². The molecule has 0 saturated carbocycles. The Morgan fingerprint density at radius 3 is 2.30 bits per heavy atom. The summed E-state index contributed by atoms with van der Waals surface area (Å²) in [5.41, 5.74) is 0.423. The summed E-state index contributed by atoms with van der Waals surface area (Å²) in [7, 11) is 0. The van der Waals surface area contributed by atoms with Crippen molar-refractivity contribution >= 4 is 33.6 Å². The number of halogens is 1. The predicted molar refractivity (Wildman–Crippen MR) is 108 cm³/mol. The fraction of sp³-hybridized carbons (Fsp3) is 0.600. The molecular formula is C20H27BrN2O4. The van der Waals surface area contributed by atoms with E-state index >= 15 is 0 Å². The van der Waals surface area contributed by atoms with Gasteiger partial charge in [0.15, 0.2) is 0 Å². The number of carbonyl (C=O) groups is 2. The lowest BCUT2D eigenvalue weighted by molar-refractivity contribution is -0.117. The summed E-state index contributed by atoms with van der Waals surface area (Å²) in [5, 5.41) is 0. The van der Waals surface area contributed by atoms with E-state index < -0.39 is 5.60 Å². The number of benzene rings is 1. The minimum Gasteiger partial charge on any atom is -0.490 e. The summed E-state index contributed by atoms with van der Waals surface area (Å²) in [6.07, 6.45) is 1.91. The maximum absolute atomic E-state index is 12.1. The van der Waals surface area contributed by atoms with Crippen molar-refractivity contribution in [3.63, 3.8) is 0 Å². The SMILES string of the molecule is CC(C)(C)OC(=O)N1CCC(Oc2ccc(N3CC(Br)CC3=O)cc2)CC1. The molecule has 0 aliphatic carbocycles. The standard InChI is InChI=1S/C20H27BrN2O4/c1-20(2,3)27-19(25)22-10-8-17(9-11-22)26-16-6-4-15(5-7-16)23-13-14(21)12-18(23)24/h4-7,14,17H,8-13H2,1-3H3. The molecule has 1 unspecified atom stereocenters. The minimum atomic E-state index is -0.474. The van der Waals surface area contributed by atoms with Gasteiger partial charge in [-0.2, -0.15) is 0 Å². The molecule has 0 N–H and O–H groups in total. The number of rotatable bonds is 3. The van der Waals surface area contributed by atoms with E-state index in [1.165, 1.54) is 0 Å². The van der Waals surface area contributed by atoms with Crippen LogP contribution in [0, 0.1) is 0 Å². The zero-order valence-electron chi connectivity index (χ0n) is 16.1. The van der Waals surface area contributed by atoms with Gasteiger partial charge in [0, 0.05) is 49.4 Å². The highest BCUT2D eigenvalue weighted by Gasteiger charge is 2.29. The highest BCUT2D eigenvalue weighted by atomic mass is 79.9. The average molecular weight is 439 g/mol. The first-order chi connectivity index (χ1) is 12.7. The first-order valence-electron chi connectivity index (χ1n) is 9.40. The van der Waals surface area contributed by atoms with Crippen molar-refractivity contribution in [2.45, 2.75) is 56.6 Å². The third kappa shape index (κ3) is 5.37. The quantitative estimate of drug-likeness (QED) is 0.669. The summed E-state index contributed by atoms with van der Waals surface area (Å²) in [5.74, 6) is 0.927. The van der Waals surface area contributed by atoms with E-state index in [0.29, 0.717) is 26.1 Å². The van der Waals surface area contributed by atoms with Crippen LogP contribution in [0.15, 0.2) is 24.3 Å². The second-order valence-electron chi connectivity index (χ2n) is 8.08. The molecule has 2 saturated heterocycles. The minimum absolute atomic E-state index is 0.0786. The molecule has 0 aromatic heterocycles. The van der Waals surface area contributed by atoms with Gasteiger partial charge in [-0.1, -0.05) is 15.9 Å². The first-order valence-corrected chi connectivity index (χ1v) is 10.3. The fourth-order valence-corrected chi connectivity index (χ4v) is 3.86. The van der Waals surface area contributed by atoms with E-state index in [1.54, 1.807) is 9.80 Å². The van der Waals surface area contributed by atoms with Gasteiger partial charge < -0.3 is 19.3 Å². The second kappa shape index (κ2) is 8.09. The lowest BCUT2D eigenvalue weighted by atomic mass is 10.1. The van der Waals surface area contributed by atoms with Crippen LogP contribution >= 0.6 is 15.9 Å². The van der Waals surface area contributed by atoms with Crippen molar-refractivity contribution < 1.29 is 19.1 Å². The van der Waals surface area contributed by atoms with E-state index in [4.69, 9.17) is 9.47 Å². The van der Waals surface area contributed by atoms with Crippen LogP contribution in [0.1, 0.15) is 40.0 Å². The molecule has 0 bridgehead atoms. The van der Waals surface area contributed by atoms with Crippen molar-refractivity contribution in [3.05, 3.63) is 24.3 Å². The van der Waals surface area contributed by atoms with E-state index in [1.807, 2.05) is 45.0 Å². The summed E-state index contributed by atoms with van der Waals surface area (Å²) < 4.78 is 11.5. The van der Waals surface area contributed by atoms with Crippen molar-refractivity contribution in [1.29, 1.82) is 0 Å². The topological polar surface area (TPSA) is 59.1 Å². The summed E-state index contributed by atoms with van der Waals surface area (Å²) in [6, 6.07) is 7.66. The van der Waals surface area contributed by atoms with Gasteiger partial charge in [0.05, 0.1) is 0 Å². The largest absolute Gasteiger partial charge is 0.490 e. The van der Waals surface area contributed by atoms with Gasteiger partial charge >= 0.3 is 6.09 Å². The van der Waals surface area contributed by atoms with Gasteiger partial charge in [0.25, 0.3) is 0 Å². The molecule has 1 atom stereocenters. The van der Waals surface area contributed by atoms with Crippen LogP contribution in [0.4, 0.5) is 10.5 Å². The first kappa shape index (κ1) is 20.0. The van der Waals surface area contributed by atoms with E-state index in [0.717, 1.165) is 24.3 Å². The third-order valence-electron chi connectivity index (χ3n) is 4.62. The number of ether oxygens (including phenoxy) is 2. The molecule has 2 aliphatic rings. The molecular weight excluding hydrogens is 412 g/mol. The number of nitrogens with zero attached hydrogens (tertiary/aromatic N) is 2. The molecule has 2 heterocycles. The number of likely N-dealkylation sites (tertiary alicyclic amines) is 1. The maximum atomic E-state index is 12.1. The monoisotopic (exact) mass is 438 g/mol. The molecule has 0 spiro atoms. The second-order valence-corrected chi connectivity index (χ2v) is 9.38. The third-order valence-corrected chi connectivity index (χ3v) is 5.24. The normalized spacial score (nSPS) is 21.5. The lowest BCUT2D eigenvalue weighted by Gasteiger charge is -2.33. The zero-order chi connectivity index (χ0) is 19.6. The number of alkyl halides is 1. The molecule has 27 heavy (non-hydrogen) atoms. The molecule has 2 fully saturated rings. The van der Waals surface area contributed by atoms with Crippen LogP contribution in [-0.2, 0) is 9.53 Å². The number of hydrogen-bond acceptors (Lipinski definition) is 4. The molecule has 1 aromatic carbocycles. The zero-order valence-corrected chi connectivity index (χ0v) is 17.7. The van der Waals surface area contributed by atoms with Crippen LogP contribution in [0.5, 0.6) is 5.75 Å². The van der Waals surface area contributed by atoms with Crippen molar-refractivity contribution in [1.82, 2.24) is 4.90 Å². The molecule has 2 amide bonds. The molecule has 6 nitrogen and oxygen atoms in total. The number of anilines is 1. The Labute approximate surface area is 168 Å². The number of amides is 2. The van der Waals surface area contributed by atoms with Crippen LogP contribution in [-0.4, -0.2) is 53.1 Å².